The number of carbonyl (C=O) groups is 1. The largest absolute Gasteiger partial charge is 0.333 e. The molecule has 2 N–H and O–H groups in total. The second kappa shape index (κ2) is 7.60. The van der Waals surface area contributed by atoms with Crippen molar-refractivity contribution in [2.45, 2.75) is 37.1 Å². The predicted octanol–water partition coefficient (Wildman–Crippen LogP) is 3.79. The van der Waals surface area contributed by atoms with Crippen LogP contribution in [0.1, 0.15) is 26.3 Å². The van der Waals surface area contributed by atoms with Gasteiger partial charge in [-0.2, -0.15) is 0 Å². The van der Waals surface area contributed by atoms with Gasteiger partial charge < -0.3 is 5.32 Å². The maximum atomic E-state index is 11.7. The number of aromatic nitrogens is 2. The third-order valence-electron chi connectivity index (χ3n) is 2.57. The van der Waals surface area contributed by atoms with Crippen LogP contribution in [-0.4, -0.2) is 27.5 Å². The van der Waals surface area contributed by atoms with Crippen LogP contribution in [0.3, 0.4) is 0 Å². The van der Waals surface area contributed by atoms with Gasteiger partial charge in [0.2, 0.25) is 5.13 Å². The van der Waals surface area contributed by atoms with E-state index in [9.17, 15) is 4.79 Å². The van der Waals surface area contributed by atoms with Crippen molar-refractivity contribution in [3.8, 4) is 0 Å². The number of amides is 2. The van der Waals surface area contributed by atoms with Crippen molar-refractivity contribution >= 4 is 34.3 Å². The van der Waals surface area contributed by atoms with E-state index in [0.29, 0.717) is 5.13 Å². The number of urea groups is 1. The highest BCUT2D eigenvalue weighted by atomic mass is 32.2. The standard InChI is InChI=1S/C15H20N4OS2/c1-15(2,3)17-12(20)16-13-18-19-14(22-13)21-10-9-11-7-5-4-6-8-11/h4-8H,9-10H2,1-3H3,(H2,16,17,18,20). The summed E-state index contributed by atoms with van der Waals surface area (Å²) in [5.41, 5.74) is 1.03. The van der Waals surface area contributed by atoms with Gasteiger partial charge in [0.05, 0.1) is 0 Å². The fourth-order valence-electron chi connectivity index (χ4n) is 1.69. The first-order valence-electron chi connectivity index (χ1n) is 7.02. The van der Waals surface area contributed by atoms with Crippen LogP contribution in [0, 0.1) is 0 Å². The minimum absolute atomic E-state index is 0.260. The van der Waals surface area contributed by atoms with Gasteiger partial charge in [-0.1, -0.05) is 53.4 Å². The molecule has 7 heteroatoms. The van der Waals surface area contributed by atoms with Crippen LogP contribution < -0.4 is 10.6 Å². The molecule has 0 aliphatic rings. The maximum Gasteiger partial charge on any atom is 0.321 e. The Bertz CT molecular complexity index is 608. The average molecular weight is 336 g/mol. The van der Waals surface area contributed by atoms with Gasteiger partial charge in [-0.05, 0) is 32.8 Å². The van der Waals surface area contributed by atoms with Crippen LogP contribution in [-0.2, 0) is 6.42 Å². The van der Waals surface area contributed by atoms with E-state index in [-0.39, 0.29) is 11.6 Å². The lowest BCUT2D eigenvalue weighted by molar-refractivity contribution is 0.244. The third-order valence-corrected chi connectivity index (χ3v) is 4.55. The van der Waals surface area contributed by atoms with Crippen molar-refractivity contribution in [3.05, 3.63) is 35.9 Å². The highest BCUT2D eigenvalue weighted by molar-refractivity contribution is 8.01. The molecule has 22 heavy (non-hydrogen) atoms. The Morgan fingerprint density at radius 3 is 2.64 bits per heavy atom. The Hall–Kier alpha value is -1.60. The van der Waals surface area contributed by atoms with E-state index >= 15 is 0 Å². The van der Waals surface area contributed by atoms with Gasteiger partial charge in [0.15, 0.2) is 4.34 Å². The zero-order valence-corrected chi connectivity index (χ0v) is 14.6. The molecule has 0 fully saturated rings. The molecule has 2 aromatic rings. The second-order valence-electron chi connectivity index (χ2n) is 5.79. The molecule has 0 aliphatic heterocycles. The Labute approximate surface area is 138 Å². The van der Waals surface area contributed by atoms with Gasteiger partial charge in [0.1, 0.15) is 0 Å². The molecular formula is C15H20N4OS2. The number of anilines is 1. The zero-order chi connectivity index (χ0) is 16.0. The molecule has 0 spiro atoms. The summed E-state index contributed by atoms with van der Waals surface area (Å²) in [6.07, 6.45) is 0.984. The summed E-state index contributed by atoms with van der Waals surface area (Å²) in [6.45, 7) is 5.78. The summed E-state index contributed by atoms with van der Waals surface area (Å²) >= 11 is 3.04. The molecule has 0 atom stereocenters. The molecule has 1 aromatic heterocycles. The normalized spacial score (nSPS) is 11.2. The molecule has 0 saturated heterocycles. The molecular weight excluding hydrogens is 316 g/mol. The molecule has 0 aliphatic carbocycles. The number of nitrogens with zero attached hydrogens (tertiary/aromatic N) is 2. The maximum absolute atomic E-state index is 11.7. The monoisotopic (exact) mass is 336 g/mol. The summed E-state index contributed by atoms with van der Waals surface area (Å²) in [5.74, 6) is 0.937. The SMILES string of the molecule is CC(C)(C)NC(=O)Nc1nnc(SCCc2ccccc2)s1. The quantitative estimate of drug-likeness (QED) is 0.644. The first-order valence-corrected chi connectivity index (χ1v) is 8.82. The minimum atomic E-state index is -0.276. The summed E-state index contributed by atoms with van der Waals surface area (Å²) < 4.78 is 0.863. The summed E-state index contributed by atoms with van der Waals surface area (Å²) in [6, 6.07) is 10.1. The lowest BCUT2D eigenvalue weighted by Crippen LogP contribution is -2.43. The van der Waals surface area contributed by atoms with E-state index in [1.807, 2.05) is 39.0 Å². The van der Waals surface area contributed by atoms with Crippen LogP contribution in [0.5, 0.6) is 0 Å². The van der Waals surface area contributed by atoms with Gasteiger partial charge in [-0.25, -0.2) is 4.79 Å². The molecule has 0 saturated carbocycles. The van der Waals surface area contributed by atoms with Gasteiger partial charge >= 0.3 is 6.03 Å². The Morgan fingerprint density at radius 1 is 1.23 bits per heavy atom. The number of benzene rings is 1. The molecule has 2 amide bonds. The molecule has 1 aromatic carbocycles. The molecule has 0 radical (unpaired) electrons. The van der Waals surface area contributed by atoms with Gasteiger partial charge in [-0.15, -0.1) is 10.2 Å². The number of hydrogen-bond acceptors (Lipinski definition) is 5. The fourth-order valence-corrected chi connectivity index (χ4v) is 3.49. The fraction of sp³-hybridized carbons (Fsp3) is 0.400. The highest BCUT2D eigenvalue weighted by Crippen LogP contribution is 2.26. The van der Waals surface area contributed by atoms with E-state index < -0.39 is 0 Å². The van der Waals surface area contributed by atoms with E-state index in [4.69, 9.17) is 0 Å². The van der Waals surface area contributed by atoms with Crippen LogP contribution in [0.15, 0.2) is 34.7 Å². The third kappa shape index (κ3) is 6.03. The second-order valence-corrected chi connectivity index (χ2v) is 8.11. The van der Waals surface area contributed by atoms with E-state index in [2.05, 4.69) is 33.0 Å². The Kier molecular flexibility index (Phi) is 5.79. The molecule has 0 bridgehead atoms. The van der Waals surface area contributed by atoms with Gasteiger partial charge in [-0.3, -0.25) is 5.32 Å². The van der Waals surface area contributed by atoms with E-state index in [0.717, 1.165) is 16.5 Å². The van der Waals surface area contributed by atoms with Crippen molar-refractivity contribution in [1.82, 2.24) is 15.5 Å². The smallest absolute Gasteiger partial charge is 0.321 e. The Morgan fingerprint density at radius 2 is 1.95 bits per heavy atom. The number of carbonyl (C=O) groups excluding carboxylic acids is 1. The number of aryl methyl sites for hydroxylation is 1. The van der Waals surface area contributed by atoms with Crippen LogP contribution in [0.25, 0.3) is 0 Å². The van der Waals surface area contributed by atoms with E-state index in [1.54, 1.807) is 11.8 Å². The number of nitrogens with one attached hydrogen (secondary N) is 2. The summed E-state index contributed by atoms with van der Waals surface area (Å²) in [7, 11) is 0. The zero-order valence-electron chi connectivity index (χ0n) is 12.9. The van der Waals surface area contributed by atoms with Crippen molar-refractivity contribution in [3.63, 3.8) is 0 Å². The van der Waals surface area contributed by atoms with Gasteiger partial charge in [0.25, 0.3) is 0 Å². The molecule has 2 rings (SSSR count). The lowest BCUT2D eigenvalue weighted by atomic mass is 10.1. The van der Waals surface area contributed by atoms with Crippen molar-refractivity contribution in [1.29, 1.82) is 0 Å². The van der Waals surface area contributed by atoms with E-state index in [1.165, 1.54) is 16.9 Å². The summed E-state index contributed by atoms with van der Waals surface area (Å²) in [4.78, 5) is 11.7. The first kappa shape index (κ1) is 16.8. The minimum Gasteiger partial charge on any atom is -0.333 e. The van der Waals surface area contributed by atoms with Crippen LogP contribution in [0.2, 0.25) is 0 Å². The van der Waals surface area contributed by atoms with Crippen molar-refractivity contribution in [2.24, 2.45) is 0 Å². The number of hydrogen-bond donors (Lipinski definition) is 2. The number of rotatable bonds is 5. The first-order chi connectivity index (χ1) is 10.4. The number of thioether (sulfide) groups is 1. The highest BCUT2D eigenvalue weighted by Gasteiger charge is 2.15. The predicted molar refractivity (Wildman–Crippen MR) is 92.7 cm³/mol. The van der Waals surface area contributed by atoms with Crippen LogP contribution in [0.4, 0.5) is 9.93 Å². The van der Waals surface area contributed by atoms with Crippen LogP contribution >= 0.6 is 23.1 Å². The average Bonchev–Trinajstić information content (AvgIpc) is 2.85. The topological polar surface area (TPSA) is 66.9 Å². The lowest BCUT2D eigenvalue weighted by Gasteiger charge is -2.19. The molecule has 0 unspecified atom stereocenters. The molecule has 118 valence electrons. The summed E-state index contributed by atoms with van der Waals surface area (Å²) in [5, 5.41) is 14.1. The molecule has 1 heterocycles. The molecule has 5 nitrogen and oxygen atoms in total. The van der Waals surface area contributed by atoms with Crippen molar-refractivity contribution in [2.75, 3.05) is 11.1 Å². The van der Waals surface area contributed by atoms with Gasteiger partial charge in [0, 0.05) is 11.3 Å². The Balaban J connectivity index is 1.78. The van der Waals surface area contributed by atoms with Crippen molar-refractivity contribution < 1.29 is 4.79 Å².